The van der Waals surface area contributed by atoms with Crippen molar-refractivity contribution >= 4 is 21.6 Å². The predicted octanol–water partition coefficient (Wildman–Crippen LogP) is 2.78. The number of hydrogen-bond donors (Lipinski definition) is 2. The smallest absolute Gasteiger partial charge is 0.264 e. The Balaban J connectivity index is 2.28. The molecular formula is C21H28N2O4S. The fourth-order valence-electron chi connectivity index (χ4n) is 2.72. The van der Waals surface area contributed by atoms with Crippen molar-refractivity contribution in [2.24, 2.45) is 0 Å². The van der Waals surface area contributed by atoms with E-state index in [0.717, 1.165) is 11.1 Å². The van der Waals surface area contributed by atoms with Crippen molar-refractivity contribution in [1.82, 2.24) is 5.32 Å². The summed E-state index contributed by atoms with van der Waals surface area (Å²) in [5, 5.41) is 12.0. The first-order valence-corrected chi connectivity index (χ1v) is 10.8. The highest BCUT2D eigenvalue weighted by atomic mass is 32.2. The minimum absolute atomic E-state index is 0.00450. The van der Waals surface area contributed by atoms with E-state index in [9.17, 15) is 18.3 Å². The molecule has 152 valence electrons. The molecule has 0 aliphatic rings. The van der Waals surface area contributed by atoms with Crippen molar-refractivity contribution in [2.45, 2.75) is 44.6 Å². The Labute approximate surface area is 167 Å². The number of aliphatic hydroxyl groups excluding tert-OH is 1. The van der Waals surface area contributed by atoms with Crippen LogP contribution < -0.4 is 9.62 Å². The zero-order valence-electron chi connectivity index (χ0n) is 16.6. The van der Waals surface area contributed by atoms with E-state index in [1.54, 1.807) is 36.4 Å². The Kier molecular flexibility index (Phi) is 7.60. The largest absolute Gasteiger partial charge is 0.394 e. The fraction of sp³-hybridized carbons (Fsp3) is 0.381. The highest BCUT2D eigenvalue weighted by molar-refractivity contribution is 7.92. The van der Waals surface area contributed by atoms with E-state index in [1.807, 2.05) is 32.9 Å². The Morgan fingerprint density at radius 1 is 1.04 bits per heavy atom. The molecule has 1 atom stereocenters. The summed E-state index contributed by atoms with van der Waals surface area (Å²) < 4.78 is 27.7. The minimum Gasteiger partial charge on any atom is -0.394 e. The van der Waals surface area contributed by atoms with Crippen LogP contribution in [0.3, 0.4) is 0 Å². The van der Waals surface area contributed by atoms with Crippen LogP contribution in [-0.2, 0) is 14.8 Å². The highest BCUT2D eigenvalue weighted by Crippen LogP contribution is 2.24. The molecular weight excluding hydrogens is 376 g/mol. The summed E-state index contributed by atoms with van der Waals surface area (Å²) in [5.74, 6) is -0.294. The molecule has 0 saturated carbocycles. The quantitative estimate of drug-likeness (QED) is 0.673. The van der Waals surface area contributed by atoms with Crippen molar-refractivity contribution < 1.29 is 18.3 Å². The second-order valence-corrected chi connectivity index (χ2v) is 8.69. The molecule has 0 aliphatic heterocycles. The molecule has 0 bridgehead atoms. The molecule has 2 rings (SSSR count). The number of sulfonamides is 1. The maximum Gasteiger partial charge on any atom is 0.264 e. The highest BCUT2D eigenvalue weighted by Gasteiger charge is 2.25. The van der Waals surface area contributed by atoms with Crippen LogP contribution in [0.25, 0.3) is 0 Å². The molecule has 7 heteroatoms. The fourth-order valence-corrected chi connectivity index (χ4v) is 4.18. The van der Waals surface area contributed by atoms with Crippen LogP contribution in [0, 0.1) is 13.8 Å². The number of carbonyl (C=O) groups excluding carboxylic acids is 1. The number of benzene rings is 2. The summed E-state index contributed by atoms with van der Waals surface area (Å²) in [7, 11) is -3.82. The predicted molar refractivity (Wildman–Crippen MR) is 111 cm³/mol. The average Bonchev–Trinajstić information content (AvgIpc) is 2.67. The summed E-state index contributed by atoms with van der Waals surface area (Å²) in [6.07, 6.45) is 0.598. The Bertz CT molecular complexity index is 874. The molecule has 0 aliphatic carbocycles. The standard InChI is InChI=1S/C21H28N2O4S/c1-4-18(15-24)22-21(25)13-14-23(19-9-5-16(2)6-10-19)28(26,27)20-11-7-17(3)8-12-20/h5-12,18,24H,4,13-15H2,1-3H3,(H,22,25). The molecule has 0 fully saturated rings. The van der Waals surface area contributed by atoms with Crippen molar-refractivity contribution in [3.8, 4) is 0 Å². The van der Waals surface area contributed by atoms with Crippen LogP contribution in [0.15, 0.2) is 53.4 Å². The molecule has 0 spiro atoms. The van der Waals surface area contributed by atoms with Gasteiger partial charge in [-0.25, -0.2) is 8.42 Å². The van der Waals surface area contributed by atoms with Gasteiger partial charge in [-0.1, -0.05) is 42.3 Å². The molecule has 1 unspecified atom stereocenters. The third-order valence-corrected chi connectivity index (χ3v) is 6.39. The van der Waals surface area contributed by atoms with E-state index in [-0.39, 0.29) is 36.4 Å². The maximum atomic E-state index is 13.2. The molecule has 0 heterocycles. The molecule has 6 nitrogen and oxygen atoms in total. The lowest BCUT2D eigenvalue weighted by atomic mass is 10.2. The van der Waals surface area contributed by atoms with E-state index in [2.05, 4.69) is 5.32 Å². The number of aryl methyl sites for hydroxylation is 2. The van der Waals surface area contributed by atoms with Crippen molar-refractivity contribution in [1.29, 1.82) is 0 Å². The molecule has 2 N–H and O–H groups in total. The van der Waals surface area contributed by atoms with Gasteiger partial charge in [-0.05, 0) is 44.5 Å². The van der Waals surface area contributed by atoms with Crippen LogP contribution in [0.2, 0.25) is 0 Å². The van der Waals surface area contributed by atoms with E-state index in [1.165, 1.54) is 4.31 Å². The van der Waals surface area contributed by atoms with E-state index < -0.39 is 10.0 Å². The monoisotopic (exact) mass is 404 g/mol. The summed E-state index contributed by atoms with van der Waals surface area (Å²) in [4.78, 5) is 12.4. The van der Waals surface area contributed by atoms with Crippen LogP contribution >= 0.6 is 0 Å². The van der Waals surface area contributed by atoms with Gasteiger partial charge in [-0.15, -0.1) is 0 Å². The van der Waals surface area contributed by atoms with Gasteiger partial charge in [0, 0.05) is 13.0 Å². The van der Waals surface area contributed by atoms with E-state index in [0.29, 0.717) is 12.1 Å². The third kappa shape index (κ3) is 5.56. The zero-order chi connectivity index (χ0) is 20.7. The number of rotatable bonds is 9. The average molecular weight is 405 g/mol. The van der Waals surface area contributed by atoms with Crippen molar-refractivity contribution in [3.63, 3.8) is 0 Å². The first kappa shape index (κ1) is 21.9. The van der Waals surface area contributed by atoms with Gasteiger partial charge in [-0.3, -0.25) is 9.10 Å². The zero-order valence-corrected chi connectivity index (χ0v) is 17.4. The van der Waals surface area contributed by atoms with Crippen LogP contribution in [0.1, 0.15) is 30.9 Å². The van der Waals surface area contributed by atoms with Crippen molar-refractivity contribution in [3.05, 3.63) is 59.7 Å². The van der Waals surface area contributed by atoms with E-state index in [4.69, 9.17) is 0 Å². The molecule has 0 aromatic heterocycles. The summed E-state index contributed by atoms with van der Waals surface area (Å²) in [6, 6.07) is 13.5. The molecule has 0 radical (unpaired) electrons. The summed E-state index contributed by atoms with van der Waals surface area (Å²) in [6.45, 7) is 5.54. The molecule has 0 saturated heterocycles. The molecule has 1 amide bonds. The van der Waals surface area contributed by atoms with Gasteiger partial charge in [0.2, 0.25) is 5.91 Å². The Morgan fingerprint density at radius 3 is 2.07 bits per heavy atom. The van der Waals surface area contributed by atoms with Crippen LogP contribution in [-0.4, -0.2) is 38.6 Å². The number of carbonyl (C=O) groups is 1. The van der Waals surface area contributed by atoms with E-state index >= 15 is 0 Å². The SMILES string of the molecule is CCC(CO)NC(=O)CCN(c1ccc(C)cc1)S(=O)(=O)c1ccc(C)cc1. The topological polar surface area (TPSA) is 86.7 Å². The lowest BCUT2D eigenvalue weighted by Crippen LogP contribution is -2.40. The van der Waals surface area contributed by atoms with Gasteiger partial charge in [0.15, 0.2) is 0 Å². The van der Waals surface area contributed by atoms with Gasteiger partial charge < -0.3 is 10.4 Å². The molecule has 2 aromatic rings. The van der Waals surface area contributed by atoms with Gasteiger partial charge in [0.1, 0.15) is 0 Å². The maximum absolute atomic E-state index is 13.2. The number of nitrogens with zero attached hydrogens (tertiary/aromatic N) is 1. The first-order chi connectivity index (χ1) is 13.3. The van der Waals surface area contributed by atoms with Gasteiger partial charge >= 0.3 is 0 Å². The number of anilines is 1. The van der Waals surface area contributed by atoms with Gasteiger partial charge in [0.05, 0.1) is 23.2 Å². The minimum atomic E-state index is -3.82. The summed E-state index contributed by atoms with van der Waals surface area (Å²) in [5.41, 5.74) is 2.49. The number of amides is 1. The van der Waals surface area contributed by atoms with Gasteiger partial charge in [0.25, 0.3) is 10.0 Å². The van der Waals surface area contributed by atoms with Crippen LogP contribution in [0.4, 0.5) is 5.69 Å². The second kappa shape index (κ2) is 9.71. The van der Waals surface area contributed by atoms with Crippen LogP contribution in [0.5, 0.6) is 0 Å². The lowest BCUT2D eigenvalue weighted by molar-refractivity contribution is -0.121. The lowest BCUT2D eigenvalue weighted by Gasteiger charge is -2.25. The Hall–Kier alpha value is -2.38. The molecule has 28 heavy (non-hydrogen) atoms. The van der Waals surface area contributed by atoms with Crippen molar-refractivity contribution in [2.75, 3.05) is 17.5 Å². The third-order valence-electron chi connectivity index (χ3n) is 4.55. The second-order valence-electron chi connectivity index (χ2n) is 6.83. The normalized spacial score (nSPS) is 12.4. The molecule has 2 aromatic carbocycles. The summed E-state index contributed by atoms with van der Waals surface area (Å²) >= 11 is 0. The first-order valence-electron chi connectivity index (χ1n) is 9.34. The number of hydrogen-bond acceptors (Lipinski definition) is 4. The Morgan fingerprint density at radius 2 is 1.57 bits per heavy atom. The van der Waals surface area contributed by atoms with Gasteiger partial charge in [-0.2, -0.15) is 0 Å². The number of nitrogens with one attached hydrogen (secondary N) is 1. The number of aliphatic hydroxyl groups is 1.